The van der Waals surface area contributed by atoms with Gasteiger partial charge in [-0.3, -0.25) is 0 Å². The number of hydrogen-bond donors (Lipinski definition) is 1. The summed E-state index contributed by atoms with van der Waals surface area (Å²) in [4.78, 5) is 6.19. The molecule has 0 bridgehead atoms. The summed E-state index contributed by atoms with van der Waals surface area (Å²) in [5.74, 6) is -0.0766. The Bertz CT molecular complexity index is 693. The summed E-state index contributed by atoms with van der Waals surface area (Å²) in [6.07, 6.45) is -2.50. The van der Waals surface area contributed by atoms with Gasteiger partial charge >= 0.3 is 6.18 Å². The van der Waals surface area contributed by atoms with E-state index in [1.165, 1.54) is 33.1 Å². The van der Waals surface area contributed by atoms with Gasteiger partial charge in [0.05, 0.1) is 19.1 Å². The largest absolute Gasteiger partial charge is 0.496 e. The minimum Gasteiger partial charge on any atom is -0.496 e. The van der Waals surface area contributed by atoms with Gasteiger partial charge in [-0.2, -0.15) is 13.2 Å². The van der Waals surface area contributed by atoms with Crippen molar-refractivity contribution >= 4 is 12.0 Å². The monoisotopic (exact) mass is 372 g/mol. The van der Waals surface area contributed by atoms with Crippen LogP contribution in [0.5, 0.6) is 5.75 Å². The van der Waals surface area contributed by atoms with E-state index in [-0.39, 0.29) is 17.4 Å². The highest BCUT2D eigenvalue weighted by Crippen LogP contribution is 2.46. The van der Waals surface area contributed by atoms with Crippen LogP contribution in [0.25, 0.3) is 0 Å². The maximum atomic E-state index is 13.7. The average Bonchev–Trinajstić information content (AvgIpc) is 2.51. The lowest BCUT2D eigenvalue weighted by atomic mass is 9.88. The van der Waals surface area contributed by atoms with E-state index in [1.54, 1.807) is 13.3 Å². The fourth-order valence-corrected chi connectivity index (χ4v) is 2.30. The van der Waals surface area contributed by atoms with Gasteiger partial charge < -0.3 is 14.7 Å². The summed E-state index contributed by atoms with van der Waals surface area (Å²) in [5, 5.41) is 10.5. The zero-order valence-corrected chi connectivity index (χ0v) is 16.3. The standard InChI is InChI=1S/C19H27F3N2O2/c1-12(2)10-18(25,19(20,21)22)15-8-14(5)16(9-17(15)26-7)23-11-24(6)13(3)4/h8-11,13,25H,1-7H3/b23-11+. The van der Waals surface area contributed by atoms with Crippen molar-refractivity contribution in [3.05, 3.63) is 34.9 Å². The Labute approximate surface area is 153 Å². The molecule has 4 nitrogen and oxygen atoms in total. The number of methoxy groups -OCH3 is 1. The summed E-state index contributed by atoms with van der Waals surface area (Å²) in [7, 11) is 3.12. The van der Waals surface area contributed by atoms with Crippen LogP contribution in [0.1, 0.15) is 38.8 Å². The van der Waals surface area contributed by atoms with Crippen molar-refractivity contribution in [2.45, 2.75) is 52.4 Å². The lowest BCUT2D eigenvalue weighted by Crippen LogP contribution is -2.41. The number of hydrogen-bond acceptors (Lipinski definition) is 3. The van der Waals surface area contributed by atoms with Gasteiger partial charge in [0.25, 0.3) is 0 Å². The maximum absolute atomic E-state index is 13.7. The van der Waals surface area contributed by atoms with E-state index in [9.17, 15) is 18.3 Å². The molecule has 1 N–H and O–H groups in total. The third-order valence-electron chi connectivity index (χ3n) is 4.05. The quantitative estimate of drug-likeness (QED) is 0.446. The van der Waals surface area contributed by atoms with E-state index < -0.39 is 11.8 Å². The molecular weight excluding hydrogens is 345 g/mol. The van der Waals surface area contributed by atoms with Crippen LogP contribution in [0, 0.1) is 6.92 Å². The van der Waals surface area contributed by atoms with Crippen molar-refractivity contribution in [3.8, 4) is 5.75 Å². The Morgan fingerprint density at radius 3 is 2.27 bits per heavy atom. The summed E-state index contributed by atoms with van der Waals surface area (Å²) in [6.45, 7) is 8.62. The predicted octanol–water partition coefficient (Wildman–Crippen LogP) is 4.72. The fraction of sp³-hybridized carbons (Fsp3) is 0.526. The van der Waals surface area contributed by atoms with Gasteiger partial charge in [-0.15, -0.1) is 0 Å². The number of ether oxygens (including phenoxy) is 1. The molecule has 1 aromatic carbocycles. The van der Waals surface area contributed by atoms with E-state index in [0.717, 1.165) is 6.08 Å². The van der Waals surface area contributed by atoms with E-state index >= 15 is 0 Å². The zero-order chi connectivity index (χ0) is 20.3. The maximum Gasteiger partial charge on any atom is 0.425 e. The second kappa shape index (κ2) is 8.12. The van der Waals surface area contributed by atoms with Gasteiger partial charge in [0.2, 0.25) is 5.60 Å². The van der Waals surface area contributed by atoms with E-state index in [0.29, 0.717) is 16.8 Å². The number of aliphatic imine (C=N–C) groups is 1. The number of nitrogens with zero attached hydrogens (tertiary/aromatic N) is 2. The molecule has 1 unspecified atom stereocenters. The first kappa shape index (κ1) is 22.0. The lowest BCUT2D eigenvalue weighted by Gasteiger charge is -2.30. The third kappa shape index (κ3) is 4.78. The summed E-state index contributed by atoms with van der Waals surface area (Å²) >= 11 is 0. The second-order valence-electron chi connectivity index (χ2n) is 6.83. The number of benzene rings is 1. The van der Waals surface area contributed by atoms with Crippen LogP contribution in [0.2, 0.25) is 0 Å². The van der Waals surface area contributed by atoms with Crippen molar-refractivity contribution in [3.63, 3.8) is 0 Å². The normalized spacial score (nSPS) is 14.5. The van der Waals surface area contributed by atoms with Crippen LogP contribution in [0.15, 0.2) is 28.8 Å². The molecule has 1 rings (SSSR count). The van der Waals surface area contributed by atoms with Crippen molar-refractivity contribution in [1.82, 2.24) is 4.90 Å². The molecule has 0 fully saturated rings. The average molecular weight is 372 g/mol. The van der Waals surface area contributed by atoms with E-state index in [2.05, 4.69) is 4.99 Å². The number of rotatable bonds is 6. The van der Waals surface area contributed by atoms with Gasteiger partial charge in [0.1, 0.15) is 5.75 Å². The summed E-state index contributed by atoms with van der Waals surface area (Å²) in [5.41, 5.74) is -2.19. The van der Waals surface area contributed by atoms with Crippen LogP contribution in [0.3, 0.4) is 0 Å². The van der Waals surface area contributed by atoms with Crippen LogP contribution in [-0.2, 0) is 5.60 Å². The molecule has 0 aliphatic heterocycles. The first-order valence-corrected chi connectivity index (χ1v) is 8.24. The first-order valence-electron chi connectivity index (χ1n) is 8.24. The molecule has 0 aromatic heterocycles. The minimum atomic E-state index is -4.90. The van der Waals surface area contributed by atoms with Gasteiger partial charge in [-0.25, -0.2) is 4.99 Å². The first-order chi connectivity index (χ1) is 11.8. The van der Waals surface area contributed by atoms with Crippen molar-refractivity contribution in [1.29, 1.82) is 0 Å². The molecule has 0 saturated heterocycles. The zero-order valence-electron chi connectivity index (χ0n) is 16.3. The molecule has 1 aromatic rings. The van der Waals surface area contributed by atoms with E-state index in [4.69, 9.17) is 4.74 Å². The second-order valence-corrected chi connectivity index (χ2v) is 6.83. The number of aryl methyl sites for hydroxylation is 1. The SMILES string of the molecule is COc1cc(/N=C/N(C)C(C)C)c(C)cc1C(O)(C=C(C)C)C(F)(F)F. The molecule has 0 heterocycles. The molecule has 7 heteroatoms. The van der Waals surface area contributed by atoms with Gasteiger partial charge in [-0.1, -0.05) is 5.57 Å². The minimum absolute atomic E-state index is 0.0766. The highest BCUT2D eigenvalue weighted by atomic mass is 19.4. The van der Waals surface area contributed by atoms with Crippen molar-refractivity contribution in [2.24, 2.45) is 4.99 Å². The molecule has 26 heavy (non-hydrogen) atoms. The van der Waals surface area contributed by atoms with Crippen molar-refractivity contribution < 1.29 is 23.0 Å². The van der Waals surface area contributed by atoms with Gasteiger partial charge in [0.15, 0.2) is 0 Å². The predicted molar refractivity (Wildman–Crippen MR) is 98.2 cm³/mol. The molecule has 0 aliphatic rings. The number of halogens is 3. The highest BCUT2D eigenvalue weighted by molar-refractivity contribution is 5.66. The molecule has 1 atom stereocenters. The topological polar surface area (TPSA) is 45.1 Å². The third-order valence-corrected chi connectivity index (χ3v) is 4.05. The van der Waals surface area contributed by atoms with Crippen molar-refractivity contribution in [2.75, 3.05) is 14.2 Å². The Morgan fingerprint density at radius 2 is 1.85 bits per heavy atom. The molecule has 0 aliphatic carbocycles. The smallest absolute Gasteiger partial charge is 0.425 e. The number of alkyl halides is 3. The lowest BCUT2D eigenvalue weighted by molar-refractivity contribution is -0.245. The van der Waals surface area contributed by atoms with Crippen LogP contribution >= 0.6 is 0 Å². The molecular formula is C19H27F3N2O2. The Balaban J connectivity index is 3.55. The highest BCUT2D eigenvalue weighted by Gasteiger charge is 2.55. The Morgan fingerprint density at radius 1 is 1.27 bits per heavy atom. The molecule has 0 spiro atoms. The van der Waals surface area contributed by atoms with Gasteiger partial charge in [-0.05, 0) is 52.3 Å². The summed E-state index contributed by atoms with van der Waals surface area (Å²) < 4.78 is 46.1. The molecule has 0 saturated carbocycles. The molecule has 146 valence electrons. The van der Waals surface area contributed by atoms with Gasteiger partial charge in [0, 0.05) is 24.7 Å². The van der Waals surface area contributed by atoms with Crippen LogP contribution in [-0.4, -0.2) is 42.7 Å². The number of aliphatic hydroxyl groups is 1. The van der Waals surface area contributed by atoms with Crippen LogP contribution in [0.4, 0.5) is 18.9 Å². The molecule has 0 amide bonds. The van der Waals surface area contributed by atoms with E-state index in [1.807, 2.05) is 25.8 Å². The fourth-order valence-electron chi connectivity index (χ4n) is 2.30. The Hall–Kier alpha value is -2.02. The number of allylic oxidation sites excluding steroid dienone is 1. The Kier molecular flexibility index (Phi) is 6.88. The van der Waals surface area contributed by atoms with Crippen LogP contribution < -0.4 is 4.74 Å². The molecule has 0 radical (unpaired) electrons. The summed E-state index contributed by atoms with van der Waals surface area (Å²) in [6, 6.07) is 2.91.